The Hall–Kier alpha value is -1.90. The van der Waals surface area contributed by atoms with Crippen LogP contribution in [0.1, 0.15) is 32.1 Å². The second-order valence-electron chi connectivity index (χ2n) is 7.51. The van der Waals surface area contributed by atoms with E-state index in [1.807, 2.05) is 0 Å². The molecule has 2 heterocycles. The molecule has 2 fully saturated rings. The third-order valence-corrected chi connectivity index (χ3v) is 6.69. The number of aromatic nitrogens is 2. The van der Waals surface area contributed by atoms with Crippen LogP contribution in [0, 0.1) is 5.92 Å². The van der Waals surface area contributed by atoms with Crippen molar-refractivity contribution >= 4 is 33.8 Å². The molecule has 2 N–H and O–H groups in total. The number of sulfone groups is 1. The lowest BCUT2D eigenvalue weighted by Gasteiger charge is -2.24. The van der Waals surface area contributed by atoms with Crippen LogP contribution in [0.5, 0.6) is 0 Å². The number of nitrogens with one attached hydrogen (secondary N) is 2. The molecule has 3 unspecified atom stereocenters. The molecule has 3 atom stereocenters. The van der Waals surface area contributed by atoms with Crippen molar-refractivity contribution in [2.45, 2.75) is 49.1 Å². The van der Waals surface area contributed by atoms with E-state index in [2.05, 4.69) is 15.7 Å². The fraction of sp³-hybridized carbons (Fsp3) is 0.474. The molecule has 1 saturated carbocycles. The first-order valence-corrected chi connectivity index (χ1v) is 11.2. The highest BCUT2D eigenvalue weighted by Gasteiger charge is 2.38. The first-order valence-electron chi connectivity index (χ1n) is 9.33. The largest absolute Gasteiger partial charge is 0.322 e. The summed E-state index contributed by atoms with van der Waals surface area (Å²) in [5, 5.41) is 10.6. The van der Waals surface area contributed by atoms with Crippen LogP contribution >= 0.6 is 12.4 Å². The maximum absolute atomic E-state index is 12.6. The molecule has 1 aliphatic carbocycles. The second-order valence-corrected chi connectivity index (χ2v) is 9.49. The number of fused-ring (bicyclic) bond motifs is 1. The van der Waals surface area contributed by atoms with Crippen LogP contribution in [-0.2, 0) is 14.6 Å². The Bertz CT molecular complexity index is 946. The van der Waals surface area contributed by atoms with Gasteiger partial charge in [0, 0.05) is 12.3 Å². The Labute approximate surface area is 171 Å². The average molecular weight is 425 g/mol. The van der Waals surface area contributed by atoms with Crippen molar-refractivity contribution in [1.29, 1.82) is 0 Å². The van der Waals surface area contributed by atoms with Gasteiger partial charge in [0.15, 0.2) is 9.84 Å². The minimum absolute atomic E-state index is 0. The molecule has 1 aromatic heterocycles. The second kappa shape index (κ2) is 8.23. The van der Waals surface area contributed by atoms with Crippen LogP contribution < -0.4 is 10.6 Å². The summed E-state index contributed by atoms with van der Waals surface area (Å²) in [7, 11) is -3.38. The van der Waals surface area contributed by atoms with Gasteiger partial charge in [0.25, 0.3) is 0 Å². The molecule has 7 nitrogen and oxygen atoms in total. The molecule has 28 heavy (non-hydrogen) atoms. The first kappa shape index (κ1) is 20.8. The topological polar surface area (TPSA) is 93.1 Å². The number of amides is 1. The Morgan fingerprint density at radius 1 is 1.25 bits per heavy atom. The molecule has 9 heteroatoms. The third-order valence-electron chi connectivity index (χ3n) is 5.54. The van der Waals surface area contributed by atoms with Crippen molar-refractivity contribution in [1.82, 2.24) is 15.1 Å². The SMILES string of the molecule is CS(=O)(=O)c1ccccc1-n1cc(NC(=O)C2CC3CCCCC3N2)cn1.Cl. The number of carbonyl (C=O) groups is 1. The molecule has 1 amide bonds. The van der Waals surface area contributed by atoms with E-state index >= 15 is 0 Å². The lowest BCUT2D eigenvalue weighted by atomic mass is 9.85. The Morgan fingerprint density at radius 3 is 2.75 bits per heavy atom. The van der Waals surface area contributed by atoms with Gasteiger partial charge in [-0.25, -0.2) is 13.1 Å². The van der Waals surface area contributed by atoms with Gasteiger partial charge in [-0.2, -0.15) is 5.10 Å². The Balaban J connectivity index is 0.00000225. The molecular weight excluding hydrogens is 400 g/mol. The van der Waals surface area contributed by atoms with E-state index in [9.17, 15) is 13.2 Å². The molecule has 152 valence electrons. The van der Waals surface area contributed by atoms with Gasteiger partial charge < -0.3 is 10.6 Å². The maximum atomic E-state index is 12.6. The highest BCUT2D eigenvalue weighted by atomic mass is 35.5. The lowest BCUT2D eigenvalue weighted by Crippen LogP contribution is -2.39. The fourth-order valence-corrected chi connectivity index (χ4v) is 5.10. The number of para-hydroxylation sites is 1. The number of rotatable bonds is 4. The standard InChI is InChI=1S/C19H24N4O3S.ClH/c1-27(25,26)18-9-5-4-8-17(18)23-12-14(11-20-23)21-19(24)16-10-13-6-2-3-7-15(13)22-16;/h4-5,8-9,11-13,15-16,22H,2-3,6-7,10H2,1H3,(H,21,24);1H. The van der Waals surface area contributed by atoms with Gasteiger partial charge >= 0.3 is 0 Å². The van der Waals surface area contributed by atoms with Crippen molar-refractivity contribution in [3.63, 3.8) is 0 Å². The van der Waals surface area contributed by atoms with Gasteiger partial charge in [-0.1, -0.05) is 25.0 Å². The van der Waals surface area contributed by atoms with Crippen LogP contribution in [-0.4, -0.2) is 42.4 Å². The zero-order chi connectivity index (χ0) is 19.0. The van der Waals surface area contributed by atoms with Crippen molar-refractivity contribution in [2.75, 3.05) is 11.6 Å². The molecular formula is C19H25ClN4O3S. The Kier molecular flexibility index (Phi) is 6.12. The normalized spacial score (nSPS) is 24.2. The number of benzene rings is 1. The number of anilines is 1. The summed E-state index contributed by atoms with van der Waals surface area (Å²) in [4.78, 5) is 12.8. The van der Waals surface area contributed by atoms with Crippen LogP contribution in [0.2, 0.25) is 0 Å². The van der Waals surface area contributed by atoms with Crippen LogP contribution in [0.4, 0.5) is 5.69 Å². The van der Waals surface area contributed by atoms with E-state index in [0.29, 0.717) is 23.3 Å². The molecule has 0 bridgehead atoms. The minimum atomic E-state index is -3.38. The predicted octanol–water partition coefficient (Wildman–Crippen LogP) is 2.56. The monoisotopic (exact) mass is 424 g/mol. The van der Waals surface area contributed by atoms with E-state index in [4.69, 9.17) is 0 Å². The number of hydrogen-bond donors (Lipinski definition) is 2. The van der Waals surface area contributed by atoms with Gasteiger partial charge in [-0.15, -0.1) is 12.4 Å². The minimum Gasteiger partial charge on any atom is -0.322 e. The summed E-state index contributed by atoms with van der Waals surface area (Å²) in [6.45, 7) is 0. The molecule has 1 aliphatic heterocycles. The number of carbonyl (C=O) groups excluding carboxylic acids is 1. The number of hydrogen-bond acceptors (Lipinski definition) is 5. The van der Waals surface area contributed by atoms with E-state index in [-0.39, 0.29) is 29.3 Å². The molecule has 0 spiro atoms. The highest BCUT2D eigenvalue weighted by molar-refractivity contribution is 7.90. The summed E-state index contributed by atoms with van der Waals surface area (Å²) >= 11 is 0. The highest BCUT2D eigenvalue weighted by Crippen LogP contribution is 2.33. The average Bonchev–Trinajstić information content (AvgIpc) is 3.27. The zero-order valence-electron chi connectivity index (χ0n) is 15.7. The lowest BCUT2D eigenvalue weighted by molar-refractivity contribution is -0.117. The van der Waals surface area contributed by atoms with Crippen molar-refractivity contribution in [3.8, 4) is 5.69 Å². The van der Waals surface area contributed by atoms with Crippen molar-refractivity contribution < 1.29 is 13.2 Å². The maximum Gasteiger partial charge on any atom is 0.241 e. The van der Waals surface area contributed by atoms with E-state index in [0.717, 1.165) is 12.8 Å². The van der Waals surface area contributed by atoms with Gasteiger partial charge in [0.05, 0.1) is 34.7 Å². The Morgan fingerprint density at radius 2 is 2.00 bits per heavy atom. The van der Waals surface area contributed by atoms with Crippen LogP contribution in [0.3, 0.4) is 0 Å². The van der Waals surface area contributed by atoms with Crippen LogP contribution in [0.15, 0.2) is 41.6 Å². The van der Waals surface area contributed by atoms with Crippen molar-refractivity contribution in [2.24, 2.45) is 5.92 Å². The van der Waals surface area contributed by atoms with Crippen LogP contribution in [0.25, 0.3) is 5.69 Å². The third kappa shape index (κ3) is 4.24. The zero-order valence-corrected chi connectivity index (χ0v) is 17.3. The number of nitrogens with zero attached hydrogens (tertiary/aromatic N) is 2. The smallest absolute Gasteiger partial charge is 0.241 e. The summed E-state index contributed by atoms with van der Waals surface area (Å²) in [6, 6.07) is 6.96. The van der Waals surface area contributed by atoms with E-state index < -0.39 is 9.84 Å². The molecule has 2 aromatic rings. The molecule has 0 radical (unpaired) electrons. The first-order chi connectivity index (χ1) is 12.9. The van der Waals surface area contributed by atoms with E-state index in [1.54, 1.807) is 36.7 Å². The molecule has 1 saturated heterocycles. The van der Waals surface area contributed by atoms with Crippen molar-refractivity contribution in [3.05, 3.63) is 36.7 Å². The van der Waals surface area contributed by atoms with E-state index in [1.165, 1.54) is 30.2 Å². The predicted molar refractivity (Wildman–Crippen MR) is 110 cm³/mol. The van der Waals surface area contributed by atoms with Gasteiger partial charge in [-0.05, 0) is 37.3 Å². The summed E-state index contributed by atoms with van der Waals surface area (Å²) < 4.78 is 25.5. The summed E-state index contributed by atoms with van der Waals surface area (Å²) in [5.74, 6) is 0.541. The molecule has 4 rings (SSSR count). The quantitative estimate of drug-likeness (QED) is 0.786. The number of halogens is 1. The fourth-order valence-electron chi connectivity index (χ4n) is 4.23. The van der Waals surface area contributed by atoms with Gasteiger partial charge in [0.1, 0.15) is 0 Å². The summed E-state index contributed by atoms with van der Waals surface area (Å²) in [6.07, 6.45) is 10.1. The van der Waals surface area contributed by atoms with Gasteiger partial charge in [0.2, 0.25) is 5.91 Å². The molecule has 1 aromatic carbocycles. The van der Waals surface area contributed by atoms with Gasteiger partial charge in [-0.3, -0.25) is 4.79 Å². The summed E-state index contributed by atoms with van der Waals surface area (Å²) in [5.41, 5.74) is 1.02. The molecule has 2 aliphatic rings.